The maximum absolute atomic E-state index is 14.1. The van der Waals surface area contributed by atoms with E-state index in [0.29, 0.717) is 19.3 Å². The quantitative estimate of drug-likeness (QED) is 0.690. The predicted molar refractivity (Wildman–Crippen MR) is 80.2 cm³/mol. The number of hydrogen-bond donors (Lipinski definition) is 1. The van der Waals surface area contributed by atoms with Gasteiger partial charge < -0.3 is 10.1 Å². The zero-order chi connectivity index (χ0) is 15.8. The topological polar surface area (TPSA) is 41.6 Å². The van der Waals surface area contributed by atoms with Crippen LogP contribution in [0, 0.1) is 0 Å². The van der Waals surface area contributed by atoms with Gasteiger partial charge in [-0.3, -0.25) is 4.90 Å². The Morgan fingerprint density at radius 1 is 1.40 bits per heavy atom. The van der Waals surface area contributed by atoms with Gasteiger partial charge in [-0.2, -0.15) is 0 Å². The van der Waals surface area contributed by atoms with E-state index >= 15 is 0 Å². The summed E-state index contributed by atoms with van der Waals surface area (Å²) in [6, 6.07) is 0. The summed E-state index contributed by atoms with van der Waals surface area (Å²) in [7, 11) is 0. The Hall–Kier alpha value is -1.26. The third kappa shape index (κ3) is 8.02. The van der Waals surface area contributed by atoms with Gasteiger partial charge in [0, 0.05) is 25.2 Å². The number of carbonyl (C=O) groups excluding carboxylic acids is 1. The second kappa shape index (κ2) is 8.82. The highest BCUT2D eigenvalue weighted by atomic mass is 19.1. The van der Waals surface area contributed by atoms with Crippen LogP contribution in [0.4, 0.5) is 9.18 Å². The SMILES string of the molecule is C=C(CCN(C(=O)OC(C)(C)C)C(F)CCC)NCC. The molecule has 4 nitrogen and oxygen atoms in total. The van der Waals surface area contributed by atoms with Gasteiger partial charge in [0.2, 0.25) is 0 Å². The first-order valence-corrected chi connectivity index (χ1v) is 7.26. The molecule has 1 atom stereocenters. The summed E-state index contributed by atoms with van der Waals surface area (Å²) < 4.78 is 19.4. The number of nitrogens with one attached hydrogen (secondary N) is 1. The van der Waals surface area contributed by atoms with Crippen LogP contribution >= 0.6 is 0 Å². The molecular formula is C15H29FN2O2. The molecule has 1 amide bonds. The fourth-order valence-corrected chi connectivity index (χ4v) is 1.65. The van der Waals surface area contributed by atoms with Gasteiger partial charge in [-0.15, -0.1) is 0 Å². The molecular weight excluding hydrogens is 259 g/mol. The molecule has 20 heavy (non-hydrogen) atoms. The molecule has 1 N–H and O–H groups in total. The average Bonchev–Trinajstić information content (AvgIpc) is 2.27. The number of halogens is 1. The molecule has 0 rings (SSSR count). The number of rotatable bonds is 8. The largest absolute Gasteiger partial charge is 0.444 e. The van der Waals surface area contributed by atoms with Gasteiger partial charge in [-0.1, -0.05) is 19.9 Å². The summed E-state index contributed by atoms with van der Waals surface area (Å²) in [5.74, 6) is 0. The molecule has 0 radical (unpaired) electrons. The smallest absolute Gasteiger partial charge is 0.412 e. The van der Waals surface area contributed by atoms with Crippen molar-refractivity contribution >= 4 is 6.09 Å². The van der Waals surface area contributed by atoms with E-state index in [1.807, 2.05) is 13.8 Å². The number of carbonyl (C=O) groups is 1. The van der Waals surface area contributed by atoms with Crippen molar-refractivity contribution in [3.8, 4) is 0 Å². The summed E-state index contributed by atoms with van der Waals surface area (Å²) in [5, 5.41) is 3.06. The van der Waals surface area contributed by atoms with Crippen molar-refractivity contribution in [1.82, 2.24) is 10.2 Å². The molecule has 0 bridgehead atoms. The van der Waals surface area contributed by atoms with E-state index in [-0.39, 0.29) is 6.54 Å². The minimum atomic E-state index is -1.32. The molecule has 0 saturated carbocycles. The molecule has 0 saturated heterocycles. The highest BCUT2D eigenvalue weighted by Crippen LogP contribution is 2.16. The Morgan fingerprint density at radius 2 is 2.00 bits per heavy atom. The highest BCUT2D eigenvalue weighted by Gasteiger charge is 2.27. The highest BCUT2D eigenvalue weighted by molar-refractivity contribution is 5.68. The van der Waals surface area contributed by atoms with Crippen molar-refractivity contribution in [3.63, 3.8) is 0 Å². The minimum absolute atomic E-state index is 0.266. The Morgan fingerprint density at radius 3 is 2.45 bits per heavy atom. The molecule has 0 fully saturated rings. The zero-order valence-corrected chi connectivity index (χ0v) is 13.5. The van der Waals surface area contributed by atoms with Gasteiger partial charge >= 0.3 is 6.09 Å². The van der Waals surface area contributed by atoms with Crippen molar-refractivity contribution in [1.29, 1.82) is 0 Å². The third-order valence-electron chi connectivity index (χ3n) is 2.57. The third-order valence-corrected chi connectivity index (χ3v) is 2.57. The van der Waals surface area contributed by atoms with E-state index in [1.54, 1.807) is 20.8 Å². The van der Waals surface area contributed by atoms with E-state index in [2.05, 4.69) is 11.9 Å². The average molecular weight is 288 g/mol. The molecule has 118 valence electrons. The lowest BCUT2D eigenvalue weighted by atomic mass is 10.2. The molecule has 0 aliphatic heterocycles. The van der Waals surface area contributed by atoms with Crippen LogP contribution in [0.3, 0.4) is 0 Å². The van der Waals surface area contributed by atoms with Crippen LogP contribution in [0.2, 0.25) is 0 Å². The van der Waals surface area contributed by atoms with Gasteiger partial charge in [0.1, 0.15) is 5.60 Å². The number of nitrogens with zero attached hydrogens (tertiary/aromatic N) is 1. The van der Waals surface area contributed by atoms with E-state index in [4.69, 9.17) is 4.74 Å². The molecule has 0 aliphatic carbocycles. The van der Waals surface area contributed by atoms with Gasteiger partial charge in [0.15, 0.2) is 6.30 Å². The summed E-state index contributed by atoms with van der Waals surface area (Å²) in [6.07, 6.45) is -0.425. The van der Waals surface area contributed by atoms with Gasteiger partial charge in [-0.05, 0) is 34.1 Å². The molecule has 0 aliphatic rings. The molecule has 0 aromatic heterocycles. The van der Waals surface area contributed by atoms with Crippen molar-refractivity contribution in [2.24, 2.45) is 0 Å². The molecule has 0 heterocycles. The Kier molecular flexibility index (Phi) is 8.26. The lowest BCUT2D eigenvalue weighted by molar-refractivity contribution is -0.00466. The second-order valence-corrected chi connectivity index (χ2v) is 5.78. The van der Waals surface area contributed by atoms with E-state index in [1.165, 1.54) is 0 Å². The summed E-state index contributed by atoms with van der Waals surface area (Å²) in [4.78, 5) is 13.2. The fourth-order valence-electron chi connectivity index (χ4n) is 1.65. The number of ether oxygens (including phenoxy) is 1. The standard InChI is InChI=1S/C15H29FN2O2/c1-7-9-13(16)18(11-10-12(3)17-8-2)14(19)20-15(4,5)6/h13,17H,3,7-11H2,1-2,4-6H3. The number of alkyl halides is 1. The van der Waals surface area contributed by atoms with Gasteiger partial charge in [0.25, 0.3) is 0 Å². The zero-order valence-electron chi connectivity index (χ0n) is 13.5. The lowest BCUT2D eigenvalue weighted by Crippen LogP contribution is -2.42. The maximum atomic E-state index is 14.1. The molecule has 1 unspecified atom stereocenters. The number of amides is 1. The van der Waals surface area contributed by atoms with Crippen LogP contribution in [0.1, 0.15) is 53.9 Å². The second-order valence-electron chi connectivity index (χ2n) is 5.78. The minimum Gasteiger partial charge on any atom is -0.444 e. The Balaban J connectivity index is 4.64. The lowest BCUT2D eigenvalue weighted by Gasteiger charge is -2.29. The Bertz CT molecular complexity index is 313. The first-order chi connectivity index (χ1) is 9.21. The van der Waals surface area contributed by atoms with E-state index in [0.717, 1.165) is 17.1 Å². The van der Waals surface area contributed by atoms with E-state index < -0.39 is 18.0 Å². The monoisotopic (exact) mass is 288 g/mol. The molecule has 0 aromatic rings. The summed E-state index contributed by atoms with van der Waals surface area (Å²) in [6.45, 7) is 14.0. The van der Waals surface area contributed by atoms with Gasteiger partial charge in [0.05, 0.1) is 0 Å². The van der Waals surface area contributed by atoms with Crippen LogP contribution in [-0.4, -0.2) is 36.0 Å². The first kappa shape index (κ1) is 18.7. The normalized spacial score (nSPS) is 12.7. The molecule has 0 aromatic carbocycles. The van der Waals surface area contributed by atoms with Gasteiger partial charge in [-0.25, -0.2) is 9.18 Å². The van der Waals surface area contributed by atoms with Crippen LogP contribution in [0.15, 0.2) is 12.3 Å². The number of hydrogen-bond acceptors (Lipinski definition) is 3. The molecule has 5 heteroatoms. The van der Waals surface area contributed by atoms with Crippen molar-refractivity contribution in [2.75, 3.05) is 13.1 Å². The van der Waals surface area contributed by atoms with Crippen molar-refractivity contribution < 1.29 is 13.9 Å². The van der Waals surface area contributed by atoms with Crippen molar-refractivity contribution in [3.05, 3.63) is 12.3 Å². The first-order valence-electron chi connectivity index (χ1n) is 7.26. The fraction of sp³-hybridized carbons (Fsp3) is 0.800. The predicted octanol–water partition coefficient (Wildman–Crippen LogP) is 3.83. The molecule has 0 spiro atoms. The van der Waals surface area contributed by atoms with Crippen LogP contribution in [0.25, 0.3) is 0 Å². The van der Waals surface area contributed by atoms with Crippen LogP contribution in [0.5, 0.6) is 0 Å². The van der Waals surface area contributed by atoms with Crippen LogP contribution in [-0.2, 0) is 4.74 Å². The summed E-state index contributed by atoms with van der Waals surface area (Å²) >= 11 is 0. The maximum Gasteiger partial charge on any atom is 0.412 e. The van der Waals surface area contributed by atoms with Crippen molar-refractivity contribution in [2.45, 2.75) is 65.8 Å². The Labute approximate surface area is 122 Å². The summed E-state index contributed by atoms with van der Waals surface area (Å²) in [5.41, 5.74) is 0.171. The van der Waals surface area contributed by atoms with Crippen LogP contribution < -0.4 is 5.32 Å². The van der Waals surface area contributed by atoms with E-state index in [9.17, 15) is 9.18 Å².